The lowest BCUT2D eigenvalue weighted by Gasteiger charge is -2.11. The van der Waals surface area contributed by atoms with Gasteiger partial charge >= 0.3 is 0 Å². The molecule has 0 bridgehead atoms. The van der Waals surface area contributed by atoms with Crippen molar-refractivity contribution in [2.24, 2.45) is 5.84 Å². The first-order valence-electron chi connectivity index (χ1n) is 6.02. The Morgan fingerprint density at radius 1 is 1.29 bits per heavy atom. The van der Waals surface area contributed by atoms with Crippen LogP contribution in [-0.4, -0.2) is 4.92 Å². The van der Waals surface area contributed by atoms with Crippen molar-refractivity contribution in [3.05, 3.63) is 63.7 Å². The highest BCUT2D eigenvalue weighted by Gasteiger charge is 2.17. The number of nitrogen functional groups attached to an aromatic ring is 1. The monoisotopic (exact) mass is 284 g/mol. The second kappa shape index (κ2) is 6.36. The van der Waals surface area contributed by atoms with Gasteiger partial charge in [-0.05, 0) is 12.1 Å². The topological polar surface area (TPSA) is 114 Å². The molecule has 0 atom stereocenters. The Morgan fingerprint density at radius 3 is 2.71 bits per heavy atom. The van der Waals surface area contributed by atoms with Crippen molar-refractivity contribution in [2.45, 2.75) is 6.61 Å². The number of anilines is 1. The first-order chi connectivity index (χ1) is 10.2. The van der Waals surface area contributed by atoms with Crippen LogP contribution in [0.2, 0.25) is 0 Å². The van der Waals surface area contributed by atoms with Crippen molar-refractivity contribution < 1.29 is 9.66 Å². The predicted molar refractivity (Wildman–Crippen MR) is 76.4 cm³/mol. The minimum atomic E-state index is -0.526. The van der Waals surface area contributed by atoms with Gasteiger partial charge in [0.2, 0.25) is 0 Å². The van der Waals surface area contributed by atoms with E-state index in [1.807, 2.05) is 6.07 Å². The maximum absolute atomic E-state index is 10.9. The lowest BCUT2D eigenvalue weighted by atomic mass is 10.1. The van der Waals surface area contributed by atoms with Crippen molar-refractivity contribution in [1.82, 2.24) is 0 Å². The highest BCUT2D eigenvalue weighted by atomic mass is 16.6. The third-order valence-electron chi connectivity index (χ3n) is 2.86. The van der Waals surface area contributed by atoms with Crippen LogP contribution in [0, 0.1) is 21.4 Å². The van der Waals surface area contributed by atoms with Gasteiger partial charge in [-0.25, -0.2) is 0 Å². The molecule has 0 saturated carbocycles. The molecule has 0 heterocycles. The van der Waals surface area contributed by atoms with E-state index in [0.29, 0.717) is 16.9 Å². The molecule has 0 aromatic heterocycles. The summed E-state index contributed by atoms with van der Waals surface area (Å²) in [5.74, 6) is 5.76. The minimum absolute atomic E-state index is 0.0555. The van der Waals surface area contributed by atoms with Gasteiger partial charge in [-0.2, -0.15) is 5.26 Å². The van der Waals surface area contributed by atoms with Crippen LogP contribution in [0.5, 0.6) is 5.75 Å². The summed E-state index contributed by atoms with van der Waals surface area (Å²) in [4.78, 5) is 10.4. The summed E-state index contributed by atoms with van der Waals surface area (Å²) in [5.41, 5.74) is 3.30. The average molecular weight is 284 g/mol. The van der Waals surface area contributed by atoms with Gasteiger partial charge in [-0.1, -0.05) is 24.3 Å². The molecule has 3 N–H and O–H groups in total. The maximum Gasteiger partial charge on any atom is 0.294 e. The molecule has 21 heavy (non-hydrogen) atoms. The molecule has 0 fully saturated rings. The minimum Gasteiger partial charge on any atom is -0.487 e. The fourth-order valence-corrected chi connectivity index (χ4v) is 1.87. The normalized spacial score (nSPS) is 9.71. The second-order valence-corrected chi connectivity index (χ2v) is 4.11. The zero-order chi connectivity index (χ0) is 15.2. The molecule has 0 aliphatic carbocycles. The number of nitrogens with one attached hydrogen (secondary N) is 1. The van der Waals surface area contributed by atoms with E-state index in [2.05, 4.69) is 5.43 Å². The Bertz CT molecular complexity index is 710. The van der Waals surface area contributed by atoms with E-state index in [9.17, 15) is 10.1 Å². The molecule has 0 radical (unpaired) electrons. The molecular weight excluding hydrogens is 272 g/mol. The predicted octanol–water partition coefficient (Wildman–Crippen LogP) is 2.33. The highest BCUT2D eigenvalue weighted by molar-refractivity contribution is 5.65. The second-order valence-electron chi connectivity index (χ2n) is 4.11. The number of ether oxygens (including phenoxy) is 1. The molecule has 0 aliphatic rings. The van der Waals surface area contributed by atoms with E-state index in [1.54, 1.807) is 36.4 Å². The van der Waals surface area contributed by atoms with Gasteiger partial charge in [0, 0.05) is 11.6 Å². The molecule has 2 rings (SSSR count). The number of nitrogens with zero attached hydrogens (tertiary/aromatic N) is 2. The Balaban J connectivity index is 2.27. The third kappa shape index (κ3) is 3.08. The number of hydrogen-bond donors (Lipinski definition) is 2. The molecule has 106 valence electrons. The van der Waals surface area contributed by atoms with E-state index >= 15 is 0 Å². The largest absolute Gasteiger partial charge is 0.487 e. The summed E-state index contributed by atoms with van der Waals surface area (Å²) in [6.45, 7) is 0.0555. The molecular formula is C14H12N4O3. The standard InChI is InChI=1S/C14H12N4O3/c15-8-10-4-1-2-7-13(10)21-9-11-5-3-6-12(18(19)20)14(11)17-16/h1-7,17H,9,16H2. The summed E-state index contributed by atoms with van der Waals surface area (Å²) >= 11 is 0. The lowest BCUT2D eigenvalue weighted by molar-refractivity contribution is -0.384. The number of para-hydroxylation sites is 2. The van der Waals surface area contributed by atoms with Crippen LogP contribution in [0.25, 0.3) is 0 Å². The van der Waals surface area contributed by atoms with Crippen LogP contribution in [0.3, 0.4) is 0 Å². The van der Waals surface area contributed by atoms with Crippen LogP contribution in [0.1, 0.15) is 11.1 Å². The number of nitrogens with two attached hydrogens (primary N) is 1. The molecule has 0 aliphatic heterocycles. The van der Waals surface area contributed by atoms with Crippen molar-refractivity contribution in [1.29, 1.82) is 5.26 Å². The quantitative estimate of drug-likeness (QED) is 0.494. The van der Waals surface area contributed by atoms with E-state index in [0.717, 1.165) is 0 Å². The average Bonchev–Trinajstić information content (AvgIpc) is 2.52. The number of rotatable bonds is 5. The zero-order valence-electron chi connectivity index (χ0n) is 10.9. The maximum atomic E-state index is 10.9. The Labute approximate surface area is 120 Å². The zero-order valence-corrected chi connectivity index (χ0v) is 10.9. The summed E-state index contributed by atoms with van der Waals surface area (Å²) in [7, 11) is 0. The number of nitro groups is 1. The van der Waals surface area contributed by atoms with E-state index in [4.69, 9.17) is 15.8 Å². The fraction of sp³-hybridized carbons (Fsp3) is 0.0714. The van der Waals surface area contributed by atoms with Gasteiger partial charge in [-0.15, -0.1) is 0 Å². The molecule has 0 saturated heterocycles. The molecule has 2 aromatic rings. The number of nitriles is 1. The summed E-state index contributed by atoms with van der Waals surface area (Å²) in [5, 5.41) is 19.9. The first-order valence-corrected chi connectivity index (χ1v) is 6.02. The summed E-state index contributed by atoms with van der Waals surface area (Å²) < 4.78 is 5.55. The van der Waals surface area contributed by atoms with Crippen LogP contribution >= 0.6 is 0 Å². The van der Waals surface area contributed by atoms with Crippen LogP contribution in [0.4, 0.5) is 11.4 Å². The third-order valence-corrected chi connectivity index (χ3v) is 2.86. The Kier molecular flexibility index (Phi) is 4.33. The van der Waals surface area contributed by atoms with E-state index in [-0.39, 0.29) is 18.0 Å². The number of hydrazine groups is 1. The molecule has 2 aromatic carbocycles. The van der Waals surface area contributed by atoms with Gasteiger partial charge in [-0.3, -0.25) is 16.0 Å². The highest BCUT2D eigenvalue weighted by Crippen LogP contribution is 2.28. The molecule has 0 unspecified atom stereocenters. The summed E-state index contributed by atoms with van der Waals surface area (Å²) in [6, 6.07) is 13.3. The van der Waals surface area contributed by atoms with Gasteiger partial charge in [0.15, 0.2) is 0 Å². The van der Waals surface area contributed by atoms with Crippen molar-refractivity contribution in [3.8, 4) is 11.8 Å². The van der Waals surface area contributed by atoms with Crippen LogP contribution in [0.15, 0.2) is 42.5 Å². The fourth-order valence-electron chi connectivity index (χ4n) is 1.87. The SMILES string of the molecule is N#Cc1ccccc1OCc1cccc([N+](=O)[O-])c1NN. The molecule has 7 heteroatoms. The molecule has 7 nitrogen and oxygen atoms in total. The summed E-state index contributed by atoms with van der Waals surface area (Å²) in [6.07, 6.45) is 0. The smallest absolute Gasteiger partial charge is 0.294 e. The van der Waals surface area contributed by atoms with Gasteiger partial charge in [0.1, 0.15) is 24.1 Å². The molecule has 0 spiro atoms. The van der Waals surface area contributed by atoms with Gasteiger partial charge in [0.05, 0.1) is 10.5 Å². The molecule has 0 amide bonds. The van der Waals surface area contributed by atoms with Gasteiger partial charge in [0.25, 0.3) is 5.69 Å². The lowest BCUT2D eigenvalue weighted by Crippen LogP contribution is -2.12. The van der Waals surface area contributed by atoms with Gasteiger partial charge < -0.3 is 10.2 Å². The number of nitro benzene ring substituents is 1. The van der Waals surface area contributed by atoms with E-state index < -0.39 is 4.92 Å². The van der Waals surface area contributed by atoms with Crippen molar-refractivity contribution in [3.63, 3.8) is 0 Å². The Morgan fingerprint density at radius 2 is 2.05 bits per heavy atom. The van der Waals surface area contributed by atoms with Crippen molar-refractivity contribution in [2.75, 3.05) is 5.43 Å². The van der Waals surface area contributed by atoms with Crippen molar-refractivity contribution >= 4 is 11.4 Å². The number of benzene rings is 2. The first kappa shape index (κ1) is 14.3. The van der Waals surface area contributed by atoms with E-state index in [1.165, 1.54) is 6.07 Å². The number of hydrogen-bond acceptors (Lipinski definition) is 6. The van der Waals surface area contributed by atoms with Crippen LogP contribution < -0.4 is 16.0 Å². The Hall–Kier alpha value is -3.11. The van der Waals surface area contributed by atoms with Crippen LogP contribution in [-0.2, 0) is 6.61 Å².